The number of nitrogens with zero attached hydrogens (tertiary/aromatic N) is 2. The summed E-state index contributed by atoms with van der Waals surface area (Å²) >= 11 is 1.39. The van der Waals surface area contributed by atoms with Crippen LogP contribution in [0.5, 0.6) is 5.75 Å². The number of hydrogen-bond acceptors (Lipinski definition) is 4. The van der Waals surface area contributed by atoms with Crippen LogP contribution in [0.3, 0.4) is 0 Å². The van der Waals surface area contributed by atoms with Crippen LogP contribution in [-0.2, 0) is 11.3 Å². The number of halogens is 1. The van der Waals surface area contributed by atoms with E-state index in [4.69, 9.17) is 9.47 Å². The van der Waals surface area contributed by atoms with E-state index < -0.39 is 11.7 Å². The maximum atomic E-state index is 13.4. The number of para-hydroxylation sites is 1. The Bertz CT molecular complexity index is 994. The zero-order valence-electron chi connectivity index (χ0n) is 14.6. The highest BCUT2D eigenvalue weighted by atomic mass is 32.1. The molecule has 0 spiro atoms. The molecule has 136 valence electrons. The van der Waals surface area contributed by atoms with Gasteiger partial charge in [-0.1, -0.05) is 23.5 Å². The van der Waals surface area contributed by atoms with E-state index in [2.05, 4.69) is 4.99 Å². The van der Waals surface area contributed by atoms with Gasteiger partial charge in [-0.2, -0.15) is 4.99 Å². The number of thiazole rings is 1. The maximum Gasteiger partial charge on any atom is 0.279 e. The number of aromatic nitrogens is 1. The number of carbonyl (C=O) groups excluding carboxylic acids is 1. The van der Waals surface area contributed by atoms with Crippen molar-refractivity contribution < 1.29 is 18.7 Å². The van der Waals surface area contributed by atoms with Gasteiger partial charge in [0.2, 0.25) is 0 Å². The summed E-state index contributed by atoms with van der Waals surface area (Å²) in [6.45, 7) is 3.45. The van der Waals surface area contributed by atoms with Crippen LogP contribution in [0.4, 0.5) is 4.39 Å². The molecule has 7 heteroatoms. The molecule has 1 amide bonds. The summed E-state index contributed by atoms with van der Waals surface area (Å²) < 4.78 is 27.2. The highest BCUT2D eigenvalue weighted by molar-refractivity contribution is 7.16. The second-order valence-electron chi connectivity index (χ2n) is 5.49. The zero-order chi connectivity index (χ0) is 18.5. The first-order valence-corrected chi connectivity index (χ1v) is 9.04. The minimum absolute atomic E-state index is 0.214. The summed E-state index contributed by atoms with van der Waals surface area (Å²) in [6.07, 6.45) is 0. The summed E-state index contributed by atoms with van der Waals surface area (Å²) in [7, 11) is 1.62. The number of fused-ring (bicyclic) bond motifs is 1. The van der Waals surface area contributed by atoms with E-state index in [-0.39, 0.29) is 5.56 Å². The number of amides is 1. The summed E-state index contributed by atoms with van der Waals surface area (Å²) in [6, 6.07) is 11.3. The van der Waals surface area contributed by atoms with Gasteiger partial charge in [-0.05, 0) is 37.3 Å². The second-order valence-corrected chi connectivity index (χ2v) is 6.50. The van der Waals surface area contributed by atoms with Gasteiger partial charge in [-0.3, -0.25) is 4.79 Å². The molecule has 0 saturated heterocycles. The van der Waals surface area contributed by atoms with Crippen LogP contribution >= 0.6 is 11.3 Å². The molecule has 0 radical (unpaired) electrons. The van der Waals surface area contributed by atoms with Gasteiger partial charge in [0.15, 0.2) is 4.80 Å². The van der Waals surface area contributed by atoms with E-state index in [0.29, 0.717) is 24.6 Å². The van der Waals surface area contributed by atoms with Crippen LogP contribution in [0.1, 0.15) is 17.3 Å². The van der Waals surface area contributed by atoms with Gasteiger partial charge in [0.25, 0.3) is 5.91 Å². The zero-order valence-corrected chi connectivity index (χ0v) is 15.4. The fraction of sp³-hybridized carbons (Fsp3) is 0.263. The lowest BCUT2D eigenvalue weighted by molar-refractivity contribution is 0.0997. The molecule has 0 N–H and O–H groups in total. The molecule has 26 heavy (non-hydrogen) atoms. The van der Waals surface area contributed by atoms with Gasteiger partial charge in [0.05, 0.1) is 17.9 Å². The molecule has 0 unspecified atom stereocenters. The molecule has 0 bridgehead atoms. The molecule has 1 aromatic heterocycles. The fourth-order valence-corrected chi connectivity index (χ4v) is 3.69. The fourth-order valence-electron chi connectivity index (χ4n) is 2.62. The molecule has 3 rings (SSSR count). The Morgan fingerprint density at radius 1 is 1.27 bits per heavy atom. The van der Waals surface area contributed by atoms with E-state index in [1.807, 2.05) is 29.7 Å². The molecule has 0 aliphatic carbocycles. The quantitative estimate of drug-likeness (QED) is 0.662. The van der Waals surface area contributed by atoms with E-state index in [0.717, 1.165) is 16.0 Å². The molecule has 0 aliphatic rings. The monoisotopic (exact) mass is 374 g/mol. The molecule has 0 aliphatic heterocycles. The second kappa shape index (κ2) is 8.25. The lowest BCUT2D eigenvalue weighted by Crippen LogP contribution is -2.19. The van der Waals surface area contributed by atoms with E-state index >= 15 is 0 Å². The van der Waals surface area contributed by atoms with Crippen molar-refractivity contribution in [3.8, 4) is 5.75 Å². The van der Waals surface area contributed by atoms with E-state index in [9.17, 15) is 9.18 Å². The third-order valence-corrected chi connectivity index (χ3v) is 4.80. The Kier molecular flexibility index (Phi) is 5.80. The number of benzene rings is 2. The Morgan fingerprint density at radius 3 is 2.81 bits per heavy atom. The molecule has 5 nitrogen and oxygen atoms in total. The van der Waals surface area contributed by atoms with Crippen LogP contribution in [0.15, 0.2) is 47.5 Å². The van der Waals surface area contributed by atoms with Gasteiger partial charge >= 0.3 is 0 Å². The van der Waals surface area contributed by atoms with Crippen LogP contribution in [-0.4, -0.2) is 30.8 Å². The number of ether oxygens (including phenoxy) is 2. The van der Waals surface area contributed by atoms with Crippen molar-refractivity contribution in [3.63, 3.8) is 0 Å². The van der Waals surface area contributed by atoms with Gasteiger partial charge in [-0.25, -0.2) is 4.39 Å². The van der Waals surface area contributed by atoms with Crippen molar-refractivity contribution in [2.45, 2.75) is 13.5 Å². The smallest absolute Gasteiger partial charge is 0.279 e. The average molecular weight is 374 g/mol. The summed E-state index contributed by atoms with van der Waals surface area (Å²) in [4.78, 5) is 17.2. The van der Waals surface area contributed by atoms with E-state index in [1.54, 1.807) is 13.2 Å². The van der Waals surface area contributed by atoms with Gasteiger partial charge < -0.3 is 14.0 Å². The van der Waals surface area contributed by atoms with Crippen molar-refractivity contribution in [1.82, 2.24) is 4.57 Å². The van der Waals surface area contributed by atoms with Crippen molar-refractivity contribution in [2.75, 3.05) is 20.3 Å². The first-order valence-electron chi connectivity index (χ1n) is 8.22. The third-order valence-electron chi connectivity index (χ3n) is 3.75. The molecule has 0 fully saturated rings. The molecule has 3 aromatic rings. The summed E-state index contributed by atoms with van der Waals surface area (Å²) in [5.41, 5.74) is 1.09. The molecular weight excluding hydrogens is 355 g/mol. The predicted molar refractivity (Wildman–Crippen MR) is 99.2 cm³/mol. The largest absolute Gasteiger partial charge is 0.492 e. The predicted octanol–water partition coefficient (Wildman–Crippen LogP) is 3.63. The number of methoxy groups -OCH3 is 1. The molecule has 1 heterocycles. The molecule has 0 atom stereocenters. The van der Waals surface area contributed by atoms with Crippen LogP contribution in [0, 0.1) is 5.82 Å². The topological polar surface area (TPSA) is 52.8 Å². The van der Waals surface area contributed by atoms with Crippen molar-refractivity contribution in [2.24, 2.45) is 4.99 Å². The minimum Gasteiger partial charge on any atom is -0.492 e. The van der Waals surface area contributed by atoms with Gasteiger partial charge in [0.1, 0.15) is 17.1 Å². The summed E-state index contributed by atoms with van der Waals surface area (Å²) in [5, 5.41) is 0. The van der Waals surface area contributed by atoms with Crippen molar-refractivity contribution in [3.05, 3.63) is 58.6 Å². The van der Waals surface area contributed by atoms with Crippen LogP contribution in [0.2, 0.25) is 0 Å². The van der Waals surface area contributed by atoms with Crippen LogP contribution < -0.4 is 9.54 Å². The first kappa shape index (κ1) is 18.3. The van der Waals surface area contributed by atoms with Crippen molar-refractivity contribution in [1.29, 1.82) is 0 Å². The highest BCUT2D eigenvalue weighted by Crippen LogP contribution is 2.27. The molecular formula is C19H19FN2O3S. The SMILES string of the molecule is CCOc1cccc2sc(=NC(=O)c3cccc(F)c3)n(CCOC)c12. The van der Waals surface area contributed by atoms with Gasteiger partial charge in [0, 0.05) is 19.2 Å². The number of rotatable bonds is 6. The Labute approximate surface area is 154 Å². The molecule has 2 aromatic carbocycles. The minimum atomic E-state index is -0.486. The lowest BCUT2D eigenvalue weighted by Gasteiger charge is -2.09. The van der Waals surface area contributed by atoms with Crippen molar-refractivity contribution >= 4 is 27.5 Å². The van der Waals surface area contributed by atoms with Gasteiger partial charge in [-0.15, -0.1) is 0 Å². The number of hydrogen-bond donors (Lipinski definition) is 0. The third kappa shape index (κ3) is 3.84. The average Bonchev–Trinajstić information content (AvgIpc) is 2.98. The maximum absolute atomic E-state index is 13.4. The first-order chi connectivity index (χ1) is 12.6. The number of carbonyl (C=O) groups is 1. The Balaban J connectivity index is 2.15. The Morgan fingerprint density at radius 2 is 2.08 bits per heavy atom. The summed E-state index contributed by atoms with van der Waals surface area (Å²) in [5.74, 6) is -0.217. The Hall–Kier alpha value is -2.51. The van der Waals surface area contributed by atoms with Crippen LogP contribution in [0.25, 0.3) is 10.2 Å². The lowest BCUT2D eigenvalue weighted by atomic mass is 10.2. The molecule has 0 saturated carbocycles. The van der Waals surface area contributed by atoms with E-state index in [1.165, 1.54) is 29.5 Å². The normalized spacial score (nSPS) is 11.9. The standard InChI is InChI=1S/C19H19FN2O3S/c1-3-25-15-8-5-9-16-17(15)22(10-11-24-2)19(26-16)21-18(23)13-6-4-7-14(20)12-13/h4-9,12H,3,10-11H2,1-2H3. The highest BCUT2D eigenvalue weighted by Gasteiger charge is 2.13.